The van der Waals surface area contributed by atoms with Gasteiger partial charge in [0.15, 0.2) is 5.82 Å². The minimum Gasteiger partial charge on any atom is -0.368 e. The topological polar surface area (TPSA) is 114 Å². The van der Waals surface area contributed by atoms with E-state index in [-0.39, 0.29) is 23.8 Å². The zero-order valence-corrected chi connectivity index (χ0v) is 20.5. The number of aromatic nitrogens is 2. The first-order valence-corrected chi connectivity index (χ1v) is 11.5. The lowest BCUT2D eigenvalue weighted by Crippen LogP contribution is -2.53. The predicted molar refractivity (Wildman–Crippen MR) is 132 cm³/mol. The Hall–Kier alpha value is -3.99. The molecule has 1 aliphatic heterocycles. The smallest absolute Gasteiger partial charge is 0.368 e. The Kier molecular flexibility index (Phi) is 6.92. The molecule has 0 saturated heterocycles. The fourth-order valence-corrected chi connectivity index (χ4v) is 3.87. The van der Waals surface area contributed by atoms with Crippen LogP contribution in [0.3, 0.4) is 0 Å². The average Bonchev–Trinajstić information content (AvgIpc) is 3.29. The first kappa shape index (κ1) is 26.1. The van der Waals surface area contributed by atoms with Crippen molar-refractivity contribution >= 4 is 34.9 Å². The van der Waals surface area contributed by atoms with Gasteiger partial charge in [-0.15, -0.1) is 0 Å². The highest BCUT2D eigenvalue weighted by Crippen LogP contribution is 2.35. The molecule has 2 aromatic carbocycles. The molecule has 192 valence electrons. The number of hydrazone groups is 1. The number of carbonyl (C=O) groups is 2. The summed E-state index contributed by atoms with van der Waals surface area (Å²) in [5, 5.41) is 8.77. The molecule has 1 aliphatic rings. The van der Waals surface area contributed by atoms with E-state index >= 15 is 0 Å². The standard InChI is InChI=1S/C25H22ClF3N6O2/c1-24(2,22(30)37)33-21(36)17-12-31-23(25(27,28)29)32-20(17)35-13-18(14-6-4-3-5-7-14)19(34-35)15-8-10-16(26)11-9-15/h3-12,18H,13H2,1-2H3,(H2,30,37)(H,33,36). The number of hydrogen-bond donors (Lipinski definition) is 2. The second-order valence-corrected chi connectivity index (χ2v) is 9.35. The summed E-state index contributed by atoms with van der Waals surface area (Å²) in [5.41, 5.74) is 5.68. The van der Waals surface area contributed by atoms with Crippen molar-refractivity contribution in [3.8, 4) is 0 Å². The minimum atomic E-state index is -4.86. The molecule has 2 heterocycles. The Bertz CT molecular complexity index is 1360. The summed E-state index contributed by atoms with van der Waals surface area (Å²) in [4.78, 5) is 31.8. The number of hydrogen-bond acceptors (Lipinski definition) is 6. The number of nitrogens with zero attached hydrogens (tertiary/aromatic N) is 4. The predicted octanol–water partition coefficient (Wildman–Crippen LogP) is 4.15. The molecular formula is C25H22ClF3N6O2. The van der Waals surface area contributed by atoms with Crippen molar-refractivity contribution in [1.82, 2.24) is 15.3 Å². The molecule has 37 heavy (non-hydrogen) atoms. The van der Waals surface area contributed by atoms with E-state index < -0.39 is 29.4 Å². The van der Waals surface area contributed by atoms with E-state index in [9.17, 15) is 22.8 Å². The lowest BCUT2D eigenvalue weighted by molar-refractivity contribution is -0.144. The van der Waals surface area contributed by atoms with Crippen molar-refractivity contribution in [2.45, 2.75) is 31.5 Å². The second-order valence-electron chi connectivity index (χ2n) is 8.91. The third-order valence-corrected chi connectivity index (χ3v) is 6.06. The number of amides is 2. The molecule has 2 amide bonds. The lowest BCUT2D eigenvalue weighted by Gasteiger charge is -2.24. The first-order chi connectivity index (χ1) is 17.4. The first-order valence-electron chi connectivity index (χ1n) is 11.1. The zero-order chi connectivity index (χ0) is 27.0. The van der Waals surface area contributed by atoms with Crippen LogP contribution in [0, 0.1) is 0 Å². The Balaban J connectivity index is 1.83. The van der Waals surface area contributed by atoms with Crippen LogP contribution < -0.4 is 16.1 Å². The van der Waals surface area contributed by atoms with Crippen molar-refractivity contribution in [2.24, 2.45) is 10.8 Å². The van der Waals surface area contributed by atoms with E-state index in [2.05, 4.69) is 20.4 Å². The number of nitrogens with two attached hydrogens (primary N) is 1. The van der Waals surface area contributed by atoms with Gasteiger partial charge in [0.05, 0.1) is 12.3 Å². The highest BCUT2D eigenvalue weighted by molar-refractivity contribution is 6.30. The summed E-state index contributed by atoms with van der Waals surface area (Å²) >= 11 is 6.04. The van der Waals surface area contributed by atoms with Gasteiger partial charge in [0, 0.05) is 17.1 Å². The third-order valence-electron chi connectivity index (χ3n) is 5.81. The summed E-state index contributed by atoms with van der Waals surface area (Å²) in [6, 6.07) is 16.2. The van der Waals surface area contributed by atoms with Gasteiger partial charge in [0.2, 0.25) is 11.7 Å². The van der Waals surface area contributed by atoms with Crippen LogP contribution in [0.5, 0.6) is 0 Å². The molecule has 1 atom stereocenters. The molecule has 0 bridgehead atoms. The van der Waals surface area contributed by atoms with E-state index in [0.717, 1.165) is 11.8 Å². The van der Waals surface area contributed by atoms with Crippen molar-refractivity contribution in [3.63, 3.8) is 0 Å². The average molecular weight is 531 g/mol. The van der Waals surface area contributed by atoms with Crippen molar-refractivity contribution in [2.75, 3.05) is 11.6 Å². The molecule has 3 N–H and O–H groups in total. The van der Waals surface area contributed by atoms with Gasteiger partial charge in [-0.2, -0.15) is 18.3 Å². The van der Waals surface area contributed by atoms with Gasteiger partial charge in [0.1, 0.15) is 11.1 Å². The number of primary amides is 1. The highest BCUT2D eigenvalue weighted by atomic mass is 35.5. The second kappa shape index (κ2) is 9.81. The van der Waals surface area contributed by atoms with Crippen LogP contribution in [0.1, 0.15) is 47.1 Å². The van der Waals surface area contributed by atoms with Gasteiger partial charge < -0.3 is 11.1 Å². The summed E-state index contributed by atoms with van der Waals surface area (Å²) in [6.07, 6.45) is -4.09. The van der Waals surface area contributed by atoms with Gasteiger partial charge in [-0.3, -0.25) is 9.59 Å². The maximum absolute atomic E-state index is 13.5. The van der Waals surface area contributed by atoms with Crippen LogP contribution >= 0.6 is 11.6 Å². The molecule has 3 aromatic rings. The lowest BCUT2D eigenvalue weighted by atomic mass is 9.90. The molecule has 0 saturated carbocycles. The molecule has 12 heteroatoms. The number of anilines is 1. The largest absolute Gasteiger partial charge is 0.451 e. The minimum absolute atomic E-state index is 0.0930. The third kappa shape index (κ3) is 5.56. The van der Waals surface area contributed by atoms with Crippen LogP contribution in [0.2, 0.25) is 5.02 Å². The Morgan fingerprint density at radius 1 is 1.08 bits per heavy atom. The Morgan fingerprint density at radius 3 is 2.32 bits per heavy atom. The molecular weight excluding hydrogens is 509 g/mol. The van der Waals surface area contributed by atoms with Crippen LogP contribution in [-0.4, -0.2) is 39.6 Å². The molecule has 8 nitrogen and oxygen atoms in total. The molecule has 0 aliphatic carbocycles. The SMILES string of the molecule is CC(C)(NC(=O)c1cnc(C(F)(F)F)nc1N1CC(c2ccccc2)C(c2ccc(Cl)cc2)=N1)C(N)=O. The maximum atomic E-state index is 13.5. The van der Waals surface area contributed by atoms with Crippen molar-refractivity contribution < 1.29 is 22.8 Å². The quantitative estimate of drug-likeness (QED) is 0.497. The molecule has 1 unspecified atom stereocenters. The summed E-state index contributed by atoms with van der Waals surface area (Å²) in [6.45, 7) is 2.83. The van der Waals surface area contributed by atoms with Gasteiger partial charge in [0.25, 0.3) is 5.91 Å². The van der Waals surface area contributed by atoms with Crippen molar-refractivity contribution in [1.29, 1.82) is 0 Å². The summed E-state index contributed by atoms with van der Waals surface area (Å²) in [7, 11) is 0. The number of carbonyl (C=O) groups excluding carboxylic acids is 2. The molecule has 0 fully saturated rings. The summed E-state index contributed by atoms with van der Waals surface area (Å²) in [5.74, 6) is -3.85. The fraction of sp³-hybridized carbons (Fsp3) is 0.240. The monoisotopic (exact) mass is 530 g/mol. The van der Waals surface area contributed by atoms with E-state index in [0.29, 0.717) is 16.3 Å². The molecule has 0 radical (unpaired) electrons. The van der Waals surface area contributed by atoms with E-state index in [4.69, 9.17) is 17.3 Å². The number of halogens is 4. The van der Waals surface area contributed by atoms with Crippen LogP contribution in [-0.2, 0) is 11.0 Å². The Labute approximate surface area is 215 Å². The van der Waals surface area contributed by atoms with Crippen LogP contribution in [0.4, 0.5) is 19.0 Å². The van der Waals surface area contributed by atoms with Gasteiger partial charge in [-0.1, -0.05) is 54.1 Å². The maximum Gasteiger partial charge on any atom is 0.451 e. The number of alkyl halides is 3. The van der Waals surface area contributed by atoms with Gasteiger partial charge >= 0.3 is 6.18 Å². The van der Waals surface area contributed by atoms with E-state index in [1.807, 2.05) is 30.3 Å². The number of benzene rings is 2. The molecule has 1 aromatic heterocycles. The van der Waals surface area contributed by atoms with Crippen LogP contribution in [0.15, 0.2) is 65.9 Å². The molecule has 4 rings (SSSR count). The number of nitrogens with one attached hydrogen (secondary N) is 1. The van der Waals surface area contributed by atoms with Gasteiger partial charge in [-0.05, 0) is 37.1 Å². The normalized spacial score (nSPS) is 15.9. The van der Waals surface area contributed by atoms with Crippen LogP contribution in [0.25, 0.3) is 0 Å². The molecule has 0 spiro atoms. The van der Waals surface area contributed by atoms with E-state index in [1.54, 1.807) is 24.3 Å². The Morgan fingerprint density at radius 2 is 1.73 bits per heavy atom. The van der Waals surface area contributed by atoms with Crippen molar-refractivity contribution in [3.05, 3.63) is 88.3 Å². The van der Waals surface area contributed by atoms with Gasteiger partial charge in [-0.25, -0.2) is 15.0 Å². The van der Waals surface area contributed by atoms with E-state index in [1.165, 1.54) is 18.9 Å². The fourth-order valence-electron chi connectivity index (χ4n) is 3.74. The summed E-state index contributed by atoms with van der Waals surface area (Å²) < 4.78 is 40.6. The number of rotatable bonds is 6. The highest BCUT2D eigenvalue weighted by Gasteiger charge is 2.39. The zero-order valence-electron chi connectivity index (χ0n) is 19.8.